The van der Waals surface area contributed by atoms with E-state index in [-0.39, 0.29) is 17.9 Å². The molecule has 5 heteroatoms. The van der Waals surface area contributed by atoms with Crippen LogP contribution in [0.1, 0.15) is 57.5 Å². The van der Waals surface area contributed by atoms with Crippen molar-refractivity contribution in [2.75, 3.05) is 11.1 Å². The average molecular weight is 351 g/mol. The average Bonchev–Trinajstić information content (AvgIpc) is 3.11. The summed E-state index contributed by atoms with van der Waals surface area (Å²) in [7, 11) is 0. The first-order valence-electron chi connectivity index (χ1n) is 9.03. The van der Waals surface area contributed by atoms with E-state index in [1.54, 1.807) is 24.3 Å². The monoisotopic (exact) mass is 351 g/mol. The molecule has 2 amide bonds. The van der Waals surface area contributed by atoms with Crippen molar-refractivity contribution in [3.8, 4) is 0 Å². The lowest BCUT2D eigenvalue weighted by atomic mass is 10.1. The molecule has 136 valence electrons. The van der Waals surface area contributed by atoms with Crippen molar-refractivity contribution in [2.24, 2.45) is 0 Å². The van der Waals surface area contributed by atoms with E-state index >= 15 is 0 Å². The zero-order valence-electron chi connectivity index (χ0n) is 15.3. The molecule has 0 saturated heterocycles. The zero-order valence-corrected chi connectivity index (χ0v) is 15.3. The van der Waals surface area contributed by atoms with E-state index in [0.717, 1.165) is 24.0 Å². The zero-order chi connectivity index (χ0) is 18.7. The van der Waals surface area contributed by atoms with E-state index in [9.17, 15) is 9.59 Å². The smallest absolute Gasteiger partial charge is 0.256 e. The maximum Gasteiger partial charge on any atom is 0.256 e. The molecule has 0 spiro atoms. The number of carbonyl (C=O) groups excluding carboxylic acids is 2. The standard InChI is InChI=1S/C21H25N3O2/c1-13-7-9-16(22)12-18(13)21(26)24-19-10-8-15(11-14(19)2)20(25)23-17-5-3-4-6-17/h7-12,17H,3-6,22H2,1-2H3,(H,23,25)(H,24,26). The van der Waals surface area contributed by atoms with Crippen molar-refractivity contribution >= 4 is 23.2 Å². The molecule has 0 unspecified atom stereocenters. The maximum absolute atomic E-state index is 12.5. The molecule has 1 aliphatic carbocycles. The highest BCUT2D eigenvalue weighted by molar-refractivity contribution is 6.06. The molecule has 0 bridgehead atoms. The fourth-order valence-electron chi connectivity index (χ4n) is 3.36. The molecular weight excluding hydrogens is 326 g/mol. The van der Waals surface area contributed by atoms with Crippen LogP contribution in [0.3, 0.4) is 0 Å². The summed E-state index contributed by atoms with van der Waals surface area (Å²) in [5, 5.41) is 5.99. The number of rotatable bonds is 4. The Kier molecular flexibility index (Phi) is 5.26. The molecule has 1 aliphatic rings. The molecule has 2 aromatic carbocycles. The van der Waals surface area contributed by atoms with Crippen LogP contribution in [0.5, 0.6) is 0 Å². The summed E-state index contributed by atoms with van der Waals surface area (Å²) < 4.78 is 0. The lowest BCUT2D eigenvalue weighted by Gasteiger charge is -2.14. The normalized spacial score (nSPS) is 14.2. The summed E-state index contributed by atoms with van der Waals surface area (Å²) in [5.41, 5.74) is 9.90. The second-order valence-electron chi connectivity index (χ2n) is 7.01. The van der Waals surface area contributed by atoms with Crippen LogP contribution < -0.4 is 16.4 Å². The molecule has 3 rings (SSSR count). The molecule has 2 aromatic rings. The van der Waals surface area contributed by atoms with Crippen molar-refractivity contribution in [2.45, 2.75) is 45.6 Å². The quantitative estimate of drug-likeness (QED) is 0.732. The number of amides is 2. The molecular formula is C21H25N3O2. The number of benzene rings is 2. The topological polar surface area (TPSA) is 84.2 Å². The predicted molar refractivity (Wildman–Crippen MR) is 104 cm³/mol. The number of hydrogen-bond acceptors (Lipinski definition) is 3. The maximum atomic E-state index is 12.5. The second kappa shape index (κ2) is 7.60. The molecule has 26 heavy (non-hydrogen) atoms. The Labute approximate surface area is 154 Å². The summed E-state index contributed by atoms with van der Waals surface area (Å²) in [4.78, 5) is 24.9. The van der Waals surface area contributed by atoms with Crippen LogP contribution in [0.2, 0.25) is 0 Å². The van der Waals surface area contributed by atoms with Gasteiger partial charge < -0.3 is 16.4 Å². The Morgan fingerprint density at radius 1 is 0.962 bits per heavy atom. The molecule has 0 aromatic heterocycles. The molecule has 0 heterocycles. The van der Waals surface area contributed by atoms with Crippen LogP contribution in [-0.4, -0.2) is 17.9 Å². The van der Waals surface area contributed by atoms with Gasteiger partial charge in [-0.2, -0.15) is 0 Å². The fraction of sp³-hybridized carbons (Fsp3) is 0.333. The Bertz CT molecular complexity index is 839. The fourth-order valence-corrected chi connectivity index (χ4v) is 3.36. The summed E-state index contributed by atoms with van der Waals surface area (Å²) in [5.74, 6) is -0.259. The molecule has 0 aliphatic heterocycles. The van der Waals surface area contributed by atoms with Gasteiger partial charge in [0, 0.05) is 28.5 Å². The van der Waals surface area contributed by atoms with Crippen LogP contribution >= 0.6 is 0 Å². The van der Waals surface area contributed by atoms with Crippen LogP contribution in [0, 0.1) is 13.8 Å². The van der Waals surface area contributed by atoms with Crippen molar-refractivity contribution in [1.29, 1.82) is 0 Å². The first-order chi connectivity index (χ1) is 12.4. The lowest BCUT2D eigenvalue weighted by molar-refractivity contribution is 0.0937. The molecule has 1 saturated carbocycles. The van der Waals surface area contributed by atoms with E-state index in [4.69, 9.17) is 5.73 Å². The molecule has 1 fully saturated rings. The van der Waals surface area contributed by atoms with Gasteiger partial charge in [0.25, 0.3) is 11.8 Å². The molecule has 0 atom stereocenters. The van der Waals surface area contributed by atoms with Crippen molar-refractivity contribution in [1.82, 2.24) is 5.32 Å². The number of nitrogens with two attached hydrogens (primary N) is 1. The van der Waals surface area contributed by atoms with Gasteiger partial charge in [-0.15, -0.1) is 0 Å². The van der Waals surface area contributed by atoms with E-state index in [1.807, 2.05) is 26.0 Å². The van der Waals surface area contributed by atoms with Gasteiger partial charge in [-0.1, -0.05) is 18.9 Å². The van der Waals surface area contributed by atoms with E-state index < -0.39 is 0 Å². The number of nitrogens with one attached hydrogen (secondary N) is 2. The third-order valence-corrected chi connectivity index (χ3v) is 4.93. The predicted octanol–water partition coefficient (Wildman–Crippen LogP) is 3.81. The number of carbonyl (C=O) groups is 2. The van der Waals surface area contributed by atoms with Crippen molar-refractivity contribution in [3.63, 3.8) is 0 Å². The van der Waals surface area contributed by atoms with E-state index in [0.29, 0.717) is 22.5 Å². The number of hydrogen-bond donors (Lipinski definition) is 3. The van der Waals surface area contributed by atoms with Gasteiger partial charge in [0.05, 0.1) is 0 Å². The highest BCUT2D eigenvalue weighted by Gasteiger charge is 2.18. The summed E-state index contributed by atoms with van der Waals surface area (Å²) in [6.07, 6.45) is 4.47. The van der Waals surface area contributed by atoms with Gasteiger partial charge in [0.15, 0.2) is 0 Å². The lowest BCUT2D eigenvalue weighted by Crippen LogP contribution is -2.32. The molecule has 0 radical (unpaired) electrons. The number of aryl methyl sites for hydroxylation is 2. The van der Waals surface area contributed by atoms with Gasteiger partial charge in [-0.05, 0) is 68.1 Å². The van der Waals surface area contributed by atoms with Gasteiger partial charge in [0.2, 0.25) is 0 Å². The van der Waals surface area contributed by atoms with Crippen LogP contribution in [-0.2, 0) is 0 Å². The summed E-state index contributed by atoms with van der Waals surface area (Å²) >= 11 is 0. The summed E-state index contributed by atoms with van der Waals surface area (Å²) in [6, 6.07) is 10.9. The second-order valence-corrected chi connectivity index (χ2v) is 7.01. The van der Waals surface area contributed by atoms with E-state index in [2.05, 4.69) is 10.6 Å². The van der Waals surface area contributed by atoms with Crippen molar-refractivity contribution in [3.05, 3.63) is 58.7 Å². The Morgan fingerprint density at radius 2 is 1.69 bits per heavy atom. The minimum Gasteiger partial charge on any atom is -0.399 e. The molecule has 4 N–H and O–H groups in total. The Hall–Kier alpha value is -2.82. The van der Waals surface area contributed by atoms with Gasteiger partial charge in [0.1, 0.15) is 0 Å². The number of nitrogen functional groups attached to an aromatic ring is 1. The first-order valence-corrected chi connectivity index (χ1v) is 9.03. The minimum atomic E-state index is -0.207. The third-order valence-electron chi connectivity index (χ3n) is 4.93. The minimum absolute atomic E-state index is 0.0513. The van der Waals surface area contributed by atoms with Crippen LogP contribution in [0.25, 0.3) is 0 Å². The van der Waals surface area contributed by atoms with Crippen LogP contribution in [0.4, 0.5) is 11.4 Å². The summed E-state index contributed by atoms with van der Waals surface area (Å²) in [6.45, 7) is 3.76. The first kappa shape index (κ1) is 18.0. The van der Waals surface area contributed by atoms with Gasteiger partial charge in [-0.25, -0.2) is 0 Å². The third kappa shape index (κ3) is 4.04. The largest absolute Gasteiger partial charge is 0.399 e. The Morgan fingerprint density at radius 3 is 2.38 bits per heavy atom. The van der Waals surface area contributed by atoms with E-state index in [1.165, 1.54) is 12.8 Å². The number of anilines is 2. The molecule has 5 nitrogen and oxygen atoms in total. The SMILES string of the molecule is Cc1cc(C(=O)NC2CCCC2)ccc1NC(=O)c1cc(N)ccc1C. The highest BCUT2D eigenvalue weighted by Crippen LogP contribution is 2.21. The highest BCUT2D eigenvalue weighted by atomic mass is 16.2. The Balaban J connectivity index is 1.72. The van der Waals surface area contributed by atoms with Crippen LogP contribution in [0.15, 0.2) is 36.4 Å². The van der Waals surface area contributed by atoms with Crippen molar-refractivity contribution < 1.29 is 9.59 Å². The van der Waals surface area contributed by atoms with Gasteiger partial charge >= 0.3 is 0 Å². The van der Waals surface area contributed by atoms with Gasteiger partial charge in [-0.3, -0.25) is 9.59 Å².